The molecule has 7 heteroatoms. The number of nitrogens with one attached hydrogen (secondary N) is 1. The second kappa shape index (κ2) is 9.61. The predicted octanol–water partition coefficient (Wildman–Crippen LogP) is 5.78. The second-order valence-corrected chi connectivity index (χ2v) is 11.5. The molecule has 5 aromatic rings. The van der Waals surface area contributed by atoms with Crippen molar-refractivity contribution in [3.63, 3.8) is 0 Å². The lowest BCUT2D eigenvalue weighted by Gasteiger charge is -2.56. The van der Waals surface area contributed by atoms with Crippen molar-refractivity contribution in [2.24, 2.45) is 0 Å². The van der Waals surface area contributed by atoms with Gasteiger partial charge >= 0.3 is 0 Å². The Hall–Kier alpha value is -3.94. The van der Waals surface area contributed by atoms with Gasteiger partial charge in [0.05, 0.1) is 24.6 Å². The largest absolute Gasteiger partial charge is 0.378 e. The van der Waals surface area contributed by atoms with Crippen molar-refractivity contribution >= 4 is 11.0 Å². The van der Waals surface area contributed by atoms with Crippen LogP contribution in [0.25, 0.3) is 44.8 Å². The van der Waals surface area contributed by atoms with Crippen LogP contribution in [0.2, 0.25) is 0 Å². The number of fused-ring (bicyclic) bond motifs is 4. The minimum Gasteiger partial charge on any atom is -0.378 e. The van der Waals surface area contributed by atoms with Gasteiger partial charge in [-0.2, -0.15) is 5.10 Å². The standard InChI is InChI=1S/C33H32N6O/c1-20-3-2-12-34-31(20)24-8-11-30(35-16-24)32-29-14-25(17-36-33(29)38-37-32)23-5-4-21-6-9-26(10-7-22(21)13-23)39-27-15-28(39)19-40-18-27/h2-5,8,11-14,16-17,26-28H,6-7,9-10,15,18-19H2,1H3,(H,36,37,38)/t26-,27?,28?/m0/s1. The molecule has 8 rings (SSSR count). The molecule has 2 saturated heterocycles. The molecule has 2 aliphatic heterocycles. The van der Waals surface area contributed by atoms with E-state index in [0.29, 0.717) is 18.1 Å². The lowest BCUT2D eigenvalue weighted by atomic mass is 9.87. The third-order valence-electron chi connectivity index (χ3n) is 9.17. The van der Waals surface area contributed by atoms with E-state index in [0.717, 1.165) is 70.9 Å². The van der Waals surface area contributed by atoms with Crippen LogP contribution < -0.4 is 0 Å². The molecule has 7 nitrogen and oxygen atoms in total. The fourth-order valence-corrected chi connectivity index (χ4v) is 7.05. The summed E-state index contributed by atoms with van der Waals surface area (Å²) in [7, 11) is 0. The molecule has 1 aliphatic carbocycles. The van der Waals surface area contributed by atoms with Gasteiger partial charge in [-0.05, 0) is 85.5 Å². The van der Waals surface area contributed by atoms with Crippen LogP contribution >= 0.6 is 0 Å². The number of H-pyrrole nitrogens is 1. The summed E-state index contributed by atoms with van der Waals surface area (Å²) in [5.74, 6) is 0. The van der Waals surface area contributed by atoms with Crippen LogP contribution in [-0.4, -0.2) is 61.4 Å². The minimum atomic E-state index is 0.646. The molecule has 3 atom stereocenters. The van der Waals surface area contributed by atoms with Crippen molar-refractivity contribution in [2.45, 2.75) is 57.2 Å². The first-order valence-electron chi connectivity index (χ1n) is 14.4. The number of aromatic amines is 1. The first-order chi connectivity index (χ1) is 19.7. The molecule has 4 aromatic heterocycles. The summed E-state index contributed by atoms with van der Waals surface area (Å²) in [6.07, 6.45) is 11.7. The van der Waals surface area contributed by atoms with E-state index in [2.05, 4.69) is 63.4 Å². The fourth-order valence-electron chi connectivity index (χ4n) is 7.05. The predicted molar refractivity (Wildman–Crippen MR) is 156 cm³/mol. The van der Waals surface area contributed by atoms with E-state index in [1.165, 1.54) is 36.0 Å². The first-order valence-corrected chi connectivity index (χ1v) is 14.4. The van der Waals surface area contributed by atoms with E-state index in [4.69, 9.17) is 14.7 Å². The second-order valence-electron chi connectivity index (χ2n) is 11.5. The summed E-state index contributed by atoms with van der Waals surface area (Å²) in [6, 6.07) is 19.3. The van der Waals surface area contributed by atoms with Crippen molar-refractivity contribution in [3.05, 3.63) is 83.8 Å². The number of hydrogen-bond donors (Lipinski definition) is 1. The van der Waals surface area contributed by atoms with Crippen molar-refractivity contribution < 1.29 is 4.74 Å². The monoisotopic (exact) mass is 528 g/mol. The SMILES string of the molecule is Cc1cccnc1-c1ccc(-c2n[nH]c3ncc(-c4ccc5c(c4)CC[C@@H](N4C6COCC4C6)CC5)cc23)nc1. The molecule has 2 bridgehead atoms. The molecule has 3 aliphatic rings. The van der Waals surface area contributed by atoms with Gasteiger partial charge in [-0.1, -0.05) is 24.3 Å². The van der Waals surface area contributed by atoms with Crippen LogP contribution in [-0.2, 0) is 17.6 Å². The van der Waals surface area contributed by atoms with Gasteiger partial charge in [0, 0.05) is 53.2 Å². The Morgan fingerprint density at radius 1 is 0.800 bits per heavy atom. The molecule has 1 N–H and O–H groups in total. The zero-order valence-electron chi connectivity index (χ0n) is 22.7. The highest BCUT2D eigenvalue weighted by Crippen LogP contribution is 2.38. The van der Waals surface area contributed by atoms with E-state index in [1.807, 2.05) is 30.7 Å². The van der Waals surface area contributed by atoms with Gasteiger partial charge in [0.1, 0.15) is 5.69 Å². The summed E-state index contributed by atoms with van der Waals surface area (Å²) < 4.78 is 5.74. The van der Waals surface area contributed by atoms with Crippen molar-refractivity contribution in [3.8, 4) is 33.8 Å². The normalized spacial score (nSPS) is 22.5. The molecule has 0 spiro atoms. The number of aromatic nitrogens is 5. The highest BCUT2D eigenvalue weighted by Gasteiger charge is 2.45. The van der Waals surface area contributed by atoms with Gasteiger partial charge < -0.3 is 4.74 Å². The van der Waals surface area contributed by atoms with E-state index in [1.54, 1.807) is 0 Å². The first kappa shape index (κ1) is 23.9. The van der Waals surface area contributed by atoms with Gasteiger partial charge in [-0.25, -0.2) is 4.98 Å². The quantitative estimate of drug-likeness (QED) is 0.298. The number of nitrogens with zero attached hydrogens (tertiary/aromatic N) is 5. The Kier molecular flexibility index (Phi) is 5.74. The number of pyridine rings is 3. The molecule has 0 saturated carbocycles. The number of ether oxygens (including phenoxy) is 1. The highest BCUT2D eigenvalue weighted by molar-refractivity contribution is 5.92. The topological polar surface area (TPSA) is 79.8 Å². The lowest BCUT2D eigenvalue weighted by molar-refractivity contribution is -0.148. The molecule has 200 valence electrons. The highest BCUT2D eigenvalue weighted by atomic mass is 16.5. The maximum atomic E-state index is 5.74. The summed E-state index contributed by atoms with van der Waals surface area (Å²) in [4.78, 5) is 16.8. The average Bonchev–Trinajstić information content (AvgIpc) is 3.32. The van der Waals surface area contributed by atoms with Crippen LogP contribution in [0.15, 0.2) is 67.1 Å². The van der Waals surface area contributed by atoms with Crippen molar-refractivity contribution in [2.75, 3.05) is 13.2 Å². The van der Waals surface area contributed by atoms with E-state index in [9.17, 15) is 0 Å². The fraction of sp³-hybridized carbons (Fsp3) is 0.333. The van der Waals surface area contributed by atoms with Gasteiger partial charge in [0.15, 0.2) is 5.65 Å². The molecular weight excluding hydrogens is 496 g/mol. The van der Waals surface area contributed by atoms with E-state index >= 15 is 0 Å². The molecule has 2 unspecified atom stereocenters. The maximum Gasteiger partial charge on any atom is 0.155 e. The smallest absolute Gasteiger partial charge is 0.155 e. The zero-order chi connectivity index (χ0) is 26.6. The molecular formula is C33H32N6O. The number of benzene rings is 1. The Morgan fingerprint density at radius 3 is 2.42 bits per heavy atom. The lowest BCUT2D eigenvalue weighted by Crippen LogP contribution is -2.66. The Labute approximate surface area is 233 Å². The van der Waals surface area contributed by atoms with E-state index < -0.39 is 0 Å². The van der Waals surface area contributed by atoms with Crippen molar-refractivity contribution in [1.82, 2.24) is 30.0 Å². The molecule has 0 radical (unpaired) electrons. The van der Waals surface area contributed by atoms with Crippen LogP contribution in [0.4, 0.5) is 0 Å². The molecule has 40 heavy (non-hydrogen) atoms. The summed E-state index contributed by atoms with van der Waals surface area (Å²) in [6.45, 7) is 3.90. The summed E-state index contributed by atoms with van der Waals surface area (Å²) >= 11 is 0. The van der Waals surface area contributed by atoms with Crippen LogP contribution in [0.3, 0.4) is 0 Å². The van der Waals surface area contributed by atoms with Gasteiger partial charge in [-0.15, -0.1) is 0 Å². The Morgan fingerprint density at radius 2 is 1.62 bits per heavy atom. The van der Waals surface area contributed by atoms with Gasteiger partial charge in [0.2, 0.25) is 0 Å². The number of hydrogen-bond acceptors (Lipinski definition) is 6. The number of morpholine rings is 1. The Bertz CT molecular complexity index is 1700. The van der Waals surface area contributed by atoms with Crippen molar-refractivity contribution in [1.29, 1.82) is 0 Å². The third kappa shape index (κ3) is 4.03. The zero-order valence-corrected chi connectivity index (χ0v) is 22.7. The molecule has 0 amide bonds. The van der Waals surface area contributed by atoms with Crippen LogP contribution in [0, 0.1) is 6.92 Å². The number of rotatable bonds is 4. The molecule has 6 heterocycles. The van der Waals surface area contributed by atoms with Crippen LogP contribution in [0.1, 0.15) is 36.0 Å². The maximum absolute atomic E-state index is 5.74. The third-order valence-corrected chi connectivity index (χ3v) is 9.17. The van der Waals surface area contributed by atoms with Gasteiger partial charge in [-0.3, -0.25) is 20.0 Å². The molecule has 1 aromatic carbocycles. The Balaban J connectivity index is 1.06. The van der Waals surface area contributed by atoms with Gasteiger partial charge in [0.25, 0.3) is 0 Å². The number of aryl methyl sites for hydroxylation is 3. The summed E-state index contributed by atoms with van der Waals surface area (Å²) in [5, 5.41) is 8.66. The minimum absolute atomic E-state index is 0.646. The molecule has 2 fully saturated rings. The van der Waals surface area contributed by atoms with E-state index in [-0.39, 0.29) is 0 Å². The summed E-state index contributed by atoms with van der Waals surface area (Å²) in [5.41, 5.74) is 10.8. The average molecular weight is 529 g/mol. The van der Waals surface area contributed by atoms with Crippen LogP contribution in [0.5, 0.6) is 0 Å².